The Labute approximate surface area is 157 Å². The first-order valence-corrected chi connectivity index (χ1v) is 8.53. The molecule has 8 nitrogen and oxygen atoms in total. The zero-order chi connectivity index (χ0) is 18.5. The summed E-state index contributed by atoms with van der Waals surface area (Å²) in [4.78, 5) is 28.2. The molecule has 3 N–H and O–H groups in total. The molecular formula is C17H16BrN5O3. The minimum atomic E-state index is -0.793. The molecule has 0 aliphatic heterocycles. The number of fused-ring (bicyclic) bond motifs is 1. The van der Waals surface area contributed by atoms with Gasteiger partial charge in [0.05, 0.1) is 11.0 Å². The van der Waals surface area contributed by atoms with Gasteiger partial charge in [-0.05, 0) is 37.3 Å². The van der Waals surface area contributed by atoms with E-state index in [2.05, 4.69) is 37.2 Å². The lowest BCUT2D eigenvalue weighted by Gasteiger charge is -2.15. The number of hydrazine groups is 1. The molecule has 26 heavy (non-hydrogen) atoms. The van der Waals surface area contributed by atoms with Gasteiger partial charge in [0.25, 0.3) is 5.91 Å². The van der Waals surface area contributed by atoms with Crippen molar-refractivity contribution < 1.29 is 14.3 Å². The number of urea groups is 1. The van der Waals surface area contributed by atoms with E-state index in [1.165, 1.54) is 11.0 Å². The van der Waals surface area contributed by atoms with Crippen LogP contribution in [-0.2, 0) is 4.79 Å². The first kappa shape index (κ1) is 17.7. The summed E-state index contributed by atoms with van der Waals surface area (Å²) in [5.41, 5.74) is 8.62. The summed E-state index contributed by atoms with van der Waals surface area (Å²) in [7, 11) is 0. The molecule has 3 rings (SSSR count). The molecule has 3 amide bonds. The van der Waals surface area contributed by atoms with Crippen molar-refractivity contribution in [3.8, 4) is 5.75 Å². The summed E-state index contributed by atoms with van der Waals surface area (Å²) in [5.74, 6) is 0.0481. The van der Waals surface area contributed by atoms with Crippen molar-refractivity contribution in [2.75, 3.05) is 5.43 Å². The van der Waals surface area contributed by atoms with E-state index in [0.29, 0.717) is 5.75 Å². The van der Waals surface area contributed by atoms with E-state index in [4.69, 9.17) is 4.74 Å². The number of aromatic nitrogens is 2. The molecule has 0 spiro atoms. The van der Waals surface area contributed by atoms with Gasteiger partial charge < -0.3 is 4.74 Å². The smallest absolute Gasteiger partial charge is 0.352 e. The van der Waals surface area contributed by atoms with E-state index in [1.54, 1.807) is 25.1 Å². The van der Waals surface area contributed by atoms with Crippen LogP contribution in [0.5, 0.6) is 5.75 Å². The summed E-state index contributed by atoms with van der Waals surface area (Å²) in [6.45, 7) is 1.58. The Morgan fingerprint density at radius 1 is 1.15 bits per heavy atom. The Balaban J connectivity index is 1.51. The number of hydrogen-bond donors (Lipinski definition) is 3. The summed E-state index contributed by atoms with van der Waals surface area (Å²) < 4.78 is 7.82. The maximum Gasteiger partial charge on any atom is 0.352 e. The van der Waals surface area contributed by atoms with Crippen molar-refractivity contribution in [3.05, 3.63) is 59.3 Å². The van der Waals surface area contributed by atoms with E-state index in [1.807, 2.05) is 30.3 Å². The first-order chi connectivity index (χ1) is 12.5. The van der Waals surface area contributed by atoms with Gasteiger partial charge in [0.2, 0.25) is 0 Å². The monoisotopic (exact) mass is 417 g/mol. The van der Waals surface area contributed by atoms with E-state index in [9.17, 15) is 9.59 Å². The third kappa shape index (κ3) is 4.31. The molecule has 2 aromatic carbocycles. The highest BCUT2D eigenvalue weighted by Gasteiger charge is 2.15. The van der Waals surface area contributed by atoms with Crippen molar-refractivity contribution >= 4 is 38.9 Å². The molecular weight excluding hydrogens is 402 g/mol. The third-order valence-corrected chi connectivity index (χ3v) is 3.95. The molecule has 1 atom stereocenters. The molecule has 0 fully saturated rings. The number of ether oxygens (including phenoxy) is 1. The highest BCUT2D eigenvalue weighted by atomic mass is 79.9. The second-order valence-electron chi connectivity index (χ2n) is 5.38. The summed E-state index contributed by atoms with van der Waals surface area (Å²) >= 11 is 3.33. The molecule has 0 radical (unpaired) electrons. The number of hydrogen-bond acceptors (Lipinski definition) is 4. The lowest BCUT2D eigenvalue weighted by Crippen LogP contribution is -2.49. The van der Waals surface area contributed by atoms with Crippen molar-refractivity contribution in [1.82, 2.24) is 20.5 Å². The van der Waals surface area contributed by atoms with E-state index < -0.39 is 18.0 Å². The molecule has 1 heterocycles. The van der Waals surface area contributed by atoms with Crippen LogP contribution < -0.4 is 21.0 Å². The number of rotatable bonds is 4. The van der Waals surface area contributed by atoms with Crippen molar-refractivity contribution in [3.63, 3.8) is 0 Å². The number of carbonyl (C=O) groups excluding carboxylic acids is 2. The zero-order valence-corrected chi connectivity index (χ0v) is 15.4. The van der Waals surface area contributed by atoms with Crippen LogP contribution in [-0.4, -0.2) is 27.7 Å². The number of nitrogens with zero attached hydrogens (tertiary/aromatic N) is 2. The maximum absolute atomic E-state index is 12.0. The molecule has 0 aliphatic rings. The molecule has 0 aliphatic carbocycles. The summed E-state index contributed by atoms with van der Waals surface area (Å²) in [6.07, 6.45) is 0.684. The normalized spacial score (nSPS) is 11.6. The van der Waals surface area contributed by atoms with Crippen LogP contribution in [0.15, 0.2) is 59.3 Å². The third-order valence-electron chi connectivity index (χ3n) is 3.45. The van der Waals surface area contributed by atoms with E-state index in [-0.39, 0.29) is 0 Å². The van der Waals surface area contributed by atoms with Gasteiger partial charge in [-0.3, -0.25) is 10.2 Å². The number of halogens is 1. The van der Waals surface area contributed by atoms with E-state index in [0.717, 1.165) is 15.5 Å². The number of amides is 3. The lowest BCUT2D eigenvalue weighted by molar-refractivity contribution is -0.127. The summed E-state index contributed by atoms with van der Waals surface area (Å²) in [5, 5.41) is 0. The molecule has 1 unspecified atom stereocenters. The average molecular weight is 418 g/mol. The topological polar surface area (TPSA) is 97.3 Å². The van der Waals surface area contributed by atoms with Crippen LogP contribution in [0.4, 0.5) is 4.79 Å². The highest BCUT2D eigenvalue weighted by molar-refractivity contribution is 9.10. The van der Waals surface area contributed by atoms with Gasteiger partial charge in [0.15, 0.2) is 6.10 Å². The van der Waals surface area contributed by atoms with Crippen molar-refractivity contribution in [2.45, 2.75) is 13.0 Å². The van der Waals surface area contributed by atoms with Gasteiger partial charge in [-0.15, -0.1) is 0 Å². The molecule has 3 aromatic rings. The Morgan fingerprint density at radius 2 is 1.96 bits per heavy atom. The first-order valence-electron chi connectivity index (χ1n) is 7.74. The second kappa shape index (κ2) is 7.87. The number of para-hydroxylation sites is 2. The predicted molar refractivity (Wildman–Crippen MR) is 100 cm³/mol. The second-order valence-corrected chi connectivity index (χ2v) is 6.29. The van der Waals surface area contributed by atoms with Gasteiger partial charge in [-0.25, -0.2) is 25.3 Å². The standard InChI is InChI=1S/C17H16BrN5O3/c1-11(26-13-6-4-5-12(18)9-13)16(24)20-21-17(25)22-23-10-19-14-7-2-3-8-15(14)23/h2-11H,1H3,(H,20,24)(H2,21,22,25). The Morgan fingerprint density at radius 3 is 2.77 bits per heavy atom. The Bertz CT molecular complexity index is 943. The molecule has 1 aromatic heterocycles. The number of benzene rings is 2. The SMILES string of the molecule is CC(Oc1cccc(Br)c1)C(=O)NNC(=O)Nn1cnc2ccccc21. The molecule has 0 saturated heterocycles. The van der Waals surface area contributed by atoms with E-state index >= 15 is 0 Å². The van der Waals surface area contributed by atoms with Crippen LogP contribution in [0.25, 0.3) is 11.0 Å². The Hall–Kier alpha value is -3.07. The molecule has 0 saturated carbocycles. The lowest BCUT2D eigenvalue weighted by atomic mass is 10.3. The Kier molecular flexibility index (Phi) is 5.37. The fourth-order valence-electron chi connectivity index (χ4n) is 2.20. The van der Waals surface area contributed by atoms with Crippen LogP contribution >= 0.6 is 15.9 Å². The molecule has 9 heteroatoms. The maximum atomic E-state index is 12.0. The van der Waals surface area contributed by atoms with Gasteiger partial charge in [0.1, 0.15) is 12.1 Å². The van der Waals surface area contributed by atoms with Crippen molar-refractivity contribution in [1.29, 1.82) is 0 Å². The van der Waals surface area contributed by atoms with Gasteiger partial charge in [-0.1, -0.05) is 34.1 Å². The van der Waals surface area contributed by atoms with Crippen LogP contribution in [0, 0.1) is 0 Å². The quantitative estimate of drug-likeness (QED) is 0.568. The zero-order valence-electron chi connectivity index (χ0n) is 13.8. The molecule has 0 bridgehead atoms. The van der Waals surface area contributed by atoms with Crippen LogP contribution in [0.1, 0.15) is 6.92 Å². The average Bonchev–Trinajstić information content (AvgIpc) is 3.02. The fraction of sp³-hybridized carbons (Fsp3) is 0.118. The largest absolute Gasteiger partial charge is 0.481 e. The van der Waals surface area contributed by atoms with Gasteiger partial charge >= 0.3 is 6.03 Å². The van der Waals surface area contributed by atoms with Gasteiger partial charge in [-0.2, -0.15) is 0 Å². The minimum Gasteiger partial charge on any atom is -0.481 e. The minimum absolute atomic E-state index is 0.490. The number of nitrogens with one attached hydrogen (secondary N) is 3. The number of imidazole rings is 1. The van der Waals surface area contributed by atoms with Crippen LogP contribution in [0.2, 0.25) is 0 Å². The van der Waals surface area contributed by atoms with Gasteiger partial charge in [0, 0.05) is 4.47 Å². The summed E-state index contributed by atoms with van der Waals surface area (Å²) in [6, 6.07) is 13.8. The predicted octanol–water partition coefficient (Wildman–Crippen LogP) is 2.55. The molecule has 134 valence electrons. The number of carbonyl (C=O) groups is 2. The highest BCUT2D eigenvalue weighted by Crippen LogP contribution is 2.18. The van der Waals surface area contributed by atoms with Crippen molar-refractivity contribution in [2.24, 2.45) is 0 Å². The van der Waals surface area contributed by atoms with Crippen LogP contribution in [0.3, 0.4) is 0 Å². The fourth-order valence-corrected chi connectivity index (χ4v) is 2.58.